The Balaban J connectivity index is 0. The number of aliphatic hydroxyl groups is 3. The quantitative estimate of drug-likeness (QED) is 0.309. The maximum atomic E-state index is 10.2. The summed E-state index contributed by atoms with van der Waals surface area (Å²) in [6, 6.07) is 0. The van der Waals surface area contributed by atoms with Gasteiger partial charge in [0.15, 0.2) is 0 Å². The highest BCUT2D eigenvalue weighted by Gasteiger charge is 2.24. The van der Waals surface area contributed by atoms with Gasteiger partial charge in [0.2, 0.25) is 0 Å². The SMILES string of the molecule is C=CCCCCCCCCC(=O)O.CCC(CO)(CO)CO. The summed E-state index contributed by atoms with van der Waals surface area (Å²) in [7, 11) is 0. The standard InChI is InChI=1S/C11H20O2.C6H14O3/c1-2-3-4-5-6-7-8-9-10-11(12)13;1-2-6(3-7,4-8)5-9/h2H,1,3-10H2,(H,12,13);7-9H,2-5H2,1H3. The number of hydrogen-bond donors (Lipinski definition) is 4. The van der Waals surface area contributed by atoms with Gasteiger partial charge in [0, 0.05) is 11.8 Å². The first kappa shape index (κ1) is 23.4. The number of aliphatic hydroxyl groups excluding tert-OH is 3. The molecule has 0 amide bonds. The second kappa shape index (κ2) is 16.5. The smallest absolute Gasteiger partial charge is 0.303 e. The minimum absolute atomic E-state index is 0.156. The molecule has 0 saturated carbocycles. The molecule has 0 aromatic heterocycles. The molecular weight excluding hydrogens is 284 g/mol. The van der Waals surface area contributed by atoms with Crippen LogP contribution in [-0.4, -0.2) is 46.2 Å². The molecule has 0 rings (SSSR count). The summed E-state index contributed by atoms with van der Waals surface area (Å²) in [6.45, 7) is 5.02. The van der Waals surface area contributed by atoms with Crippen LogP contribution in [0.25, 0.3) is 0 Å². The number of carboxylic acid groups (broad SMARTS) is 1. The highest BCUT2D eigenvalue weighted by atomic mass is 16.4. The Morgan fingerprint density at radius 1 is 0.955 bits per heavy atom. The van der Waals surface area contributed by atoms with Crippen molar-refractivity contribution < 1.29 is 25.2 Å². The van der Waals surface area contributed by atoms with Crippen molar-refractivity contribution in [2.75, 3.05) is 19.8 Å². The zero-order valence-corrected chi connectivity index (χ0v) is 14.0. The molecule has 0 radical (unpaired) electrons. The van der Waals surface area contributed by atoms with E-state index < -0.39 is 11.4 Å². The normalized spacial score (nSPS) is 10.7. The number of unbranched alkanes of at least 4 members (excludes halogenated alkanes) is 6. The van der Waals surface area contributed by atoms with E-state index in [-0.39, 0.29) is 19.8 Å². The molecule has 22 heavy (non-hydrogen) atoms. The Morgan fingerprint density at radius 2 is 1.41 bits per heavy atom. The van der Waals surface area contributed by atoms with Crippen LogP contribution in [0.4, 0.5) is 0 Å². The van der Waals surface area contributed by atoms with E-state index in [4.69, 9.17) is 20.4 Å². The molecule has 0 bridgehead atoms. The van der Waals surface area contributed by atoms with E-state index in [2.05, 4.69) is 6.58 Å². The van der Waals surface area contributed by atoms with Crippen molar-refractivity contribution in [2.45, 2.75) is 64.7 Å². The molecule has 0 atom stereocenters. The topological polar surface area (TPSA) is 98.0 Å². The summed E-state index contributed by atoms with van der Waals surface area (Å²) in [5, 5.41) is 34.3. The lowest BCUT2D eigenvalue weighted by molar-refractivity contribution is -0.137. The van der Waals surface area contributed by atoms with Crippen LogP contribution in [0.1, 0.15) is 64.7 Å². The Morgan fingerprint density at radius 3 is 1.73 bits per heavy atom. The van der Waals surface area contributed by atoms with Crippen molar-refractivity contribution in [3.05, 3.63) is 12.7 Å². The summed E-state index contributed by atoms with van der Waals surface area (Å²) >= 11 is 0. The first-order valence-corrected chi connectivity index (χ1v) is 8.17. The molecule has 0 aliphatic rings. The molecule has 0 spiro atoms. The molecule has 0 unspecified atom stereocenters. The van der Waals surface area contributed by atoms with Gasteiger partial charge in [-0.15, -0.1) is 6.58 Å². The van der Waals surface area contributed by atoms with Crippen LogP contribution in [0.3, 0.4) is 0 Å². The second-order valence-electron chi connectivity index (χ2n) is 5.67. The third kappa shape index (κ3) is 14.0. The summed E-state index contributed by atoms with van der Waals surface area (Å²) in [6.07, 6.45) is 10.7. The number of aliphatic carboxylic acids is 1. The van der Waals surface area contributed by atoms with Gasteiger partial charge in [-0.05, 0) is 25.7 Å². The van der Waals surface area contributed by atoms with Gasteiger partial charge in [-0.1, -0.05) is 38.7 Å². The van der Waals surface area contributed by atoms with Crippen LogP contribution < -0.4 is 0 Å². The van der Waals surface area contributed by atoms with Crippen molar-refractivity contribution >= 4 is 5.97 Å². The third-order valence-corrected chi connectivity index (χ3v) is 3.81. The molecule has 0 aliphatic carbocycles. The highest BCUT2D eigenvalue weighted by molar-refractivity contribution is 5.66. The molecule has 0 aliphatic heterocycles. The summed E-state index contributed by atoms with van der Waals surface area (Å²) in [5.41, 5.74) is -0.667. The van der Waals surface area contributed by atoms with Gasteiger partial charge < -0.3 is 20.4 Å². The van der Waals surface area contributed by atoms with Crippen molar-refractivity contribution in [3.63, 3.8) is 0 Å². The fourth-order valence-electron chi connectivity index (χ4n) is 1.76. The molecule has 0 fully saturated rings. The van der Waals surface area contributed by atoms with E-state index in [1.165, 1.54) is 25.7 Å². The van der Waals surface area contributed by atoms with Crippen molar-refractivity contribution in [2.24, 2.45) is 5.41 Å². The Hall–Kier alpha value is -0.910. The second-order valence-corrected chi connectivity index (χ2v) is 5.67. The van der Waals surface area contributed by atoms with Gasteiger partial charge in [0.25, 0.3) is 0 Å². The average molecular weight is 318 g/mol. The van der Waals surface area contributed by atoms with Gasteiger partial charge >= 0.3 is 5.97 Å². The first-order valence-electron chi connectivity index (χ1n) is 8.17. The lowest BCUT2D eigenvalue weighted by Gasteiger charge is -2.24. The van der Waals surface area contributed by atoms with E-state index in [9.17, 15) is 4.79 Å². The maximum Gasteiger partial charge on any atom is 0.303 e. The number of carbonyl (C=O) groups is 1. The number of rotatable bonds is 13. The van der Waals surface area contributed by atoms with Crippen LogP contribution >= 0.6 is 0 Å². The highest BCUT2D eigenvalue weighted by Crippen LogP contribution is 2.18. The third-order valence-electron chi connectivity index (χ3n) is 3.81. The summed E-state index contributed by atoms with van der Waals surface area (Å²) in [4.78, 5) is 10.2. The Bertz CT molecular complexity index is 244. The molecule has 0 aromatic rings. The van der Waals surface area contributed by atoms with Gasteiger partial charge in [-0.2, -0.15) is 0 Å². The van der Waals surface area contributed by atoms with E-state index in [1.807, 2.05) is 13.0 Å². The Kier molecular flexibility index (Phi) is 17.5. The van der Waals surface area contributed by atoms with Crippen LogP contribution in [0.5, 0.6) is 0 Å². The lowest BCUT2D eigenvalue weighted by atomic mass is 9.88. The molecule has 0 saturated heterocycles. The van der Waals surface area contributed by atoms with Gasteiger partial charge in [0.05, 0.1) is 19.8 Å². The summed E-state index contributed by atoms with van der Waals surface area (Å²) in [5.74, 6) is -0.674. The van der Waals surface area contributed by atoms with Crippen molar-refractivity contribution in [1.29, 1.82) is 0 Å². The molecule has 132 valence electrons. The molecule has 5 heteroatoms. The first-order chi connectivity index (χ1) is 10.5. The van der Waals surface area contributed by atoms with Crippen molar-refractivity contribution in [1.82, 2.24) is 0 Å². The zero-order valence-electron chi connectivity index (χ0n) is 14.0. The molecular formula is C17H34O5. The number of carboxylic acids is 1. The summed E-state index contributed by atoms with van der Waals surface area (Å²) < 4.78 is 0. The zero-order chi connectivity index (χ0) is 17.3. The van der Waals surface area contributed by atoms with E-state index in [0.29, 0.717) is 12.8 Å². The average Bonchev–Trinajstić information content (AvgIpc) is 2.53. The van der Waals surface area contributed by atoms with Gasteiger partial charge in [-0.3, -0.25) is 4.79 Å². The molecule has 5 nitrogen and oxygen atoms in total. The fourth-order valence-corrected chi connectivity index (χ4v) is 1.76. The fraction of sp³-hybridized carbons (Fsp3) is 0.824. The van der Waals surface area contributed by atoms with Crippen LogP contribution in [0.2, 0.25) is 0 Å². The number of hydrogen-bond acceptors (Lipinski definition) is 4. The van der Waals surface area contributed by atoms with E-state index in [0.717, 1.165) is 19.3 Å². The number of allylic oxidation sites excluding steroid dienone is 1. The monoisotopic (exact) mass is 318 g/mol. The van der Waals surface area contributed by atoms with Crippen LogP contribution in [-0.2, 0) is 4.79 Å². The maximum absolute atomic E-state index is 10.2. The predicted molar refractivity (Wildman–Crippen MR) is 88.8 cm³/mol. The Labute approximate surface area is 134 Å². The van der Waals surface area contributed by atoms with Crippen LogP contribution in [0.15, 0.2) is 12.7 Å². The predicted octanol–water partition coefficient (Wildman–Crippen LogP) is 2.74. The molecule has 0 aromatic carbocycles. The van der Waals surface area contributed by atoms with Gasteiger partial charge in [-0.25, -0.2) is 0 Å². The van der Waals surface area contributed by atoms with E-state index in [1.54, 1.807) is 0 Å². The van der Waals surface area contributed by atoms with Crippen molar-refractivity contribution in [3.8, 4) is 0 Å². The van der Waals surface area contributed by atoms with Gasteiger partial charge in [0.1, 0.15) is 0 Å². The molecule has 0 heterocycles. The minimum atomic E-state index is -0.674. The van der Waals surface area contributed by atoms with E-state index >= 15 is 0 Å². The molecule has 4 N–H and O–H groups in total. The minimum Gasteiger partial charge on any atom is -0.481 e. The van der Waals surface area contributed by atoms with Crippen LogP contribution in [0, 0.1) is 5.41 Å². The lowest BCUT2D eigenvalue weighted by Crippen LogP contribution is -2.32. The largest absolute Gasteiger partial charge is 0.481 e.